The molecular formula is C32H31ClO10. The van der Waals surface area contributed by atoms with Gasteiger partial charge in [0, 0.05) is 22.9 Å². The van der Waals surface area contributed by atoms with Crippen LogP contribution in [0.5, 0.6) is 0 Å². The Kier molecular flexibility index (Phi) is 10.0. The Morgan fingerprint density at radius 1 is 0.744 bits per heavy atom. The Balaban J connectivity index is 1.93. The second-order valence-electron chi connectivity index (χ2n) is 10.1. The van der Waals surface area contributed by atoms with E-state index in [-0.39, 0.29) is 17.8 Å². The van der Waals surface area contributed by atoms with E-state index in [1.165, 1.54) is 20.3 Å². The number of fused-ring (bicyclic) bond motifs is 2. The summed E-state index contributed by atoms with van der Waals surface area (Å²) in [4.78, 5) is 67.0. The molecule has 2 aromatic carbocycles. The molecule has 2 bridgehead atoms. The lowest BCUT2D eigenvalue weighted by molar-refractivity contribution is -0.170. The number of carbonyl (C=O) groups is 5. The first kappa shape index (κ1) is 31.5. The van der Waals surface area contributed by atoms with Gasteiger partial charge in [-0.3, -0.25) is 14.4 Å². The van der Waals surface area contributed by atoms with E-state index < -0.39 is 65.4 Å². The highest BCUT2D eigenvalue weighted by Gasteiger charge is 2.63. The molecule has 0 aromatic heterocycles. The quantitative estimate of drug-likeness (QED) is 0.244. The standard InChI is InChI=1S/C32H31ClO10/c1-39-29(35)23-20(18-8-6-5-7-9-18)16-21-24(30(36)40-2)26(23)27(32(38)42-4)28(25(21)31(37)41-3)43-22(34)15-12-17-10-13-19(33)14-11-17/h5-15,20-21,23-24,26-27H,16H2,1-4H3/b15-12+/t20-,21?,23-,24-,26?,27+/m0/s1. The average molecular weight is 611 g/mol. The van der Waals surface area contributed by atoms with Crippen molar-refractivity contribution in [2.75, 3.05) is 28.4 Å². The van der Waals surface area contributed by atoms with Crippen LogP contribution in [0.4, 0.5) is 0 Å². The Bertz CT molecular complexity index is 1450. The van der Waals surface area contributed by atoms with Crippen LogP contribution >= 0.6 is 11.6 Å². The molecule has 0 aliphatic heterocycles. The zero-order valence-corrected chi connectivity index (χ0v) is 24.7. The molecule has 0 saturated heterocycles. The molecule has 1 fully saturated rings. The molecule has 43 heavy (non-hydrogen) atoms. The molecule has 0 N–H and O–H groups in total. The summed E-state index contributed by atoms with van der Waals surface area (Å²) >= 11 is 5.93. The van der Waals surface area contributed by atoms with Crippen LogP contribution in [0.15, 0.2) is 72.0 Å². The van der Waals surface area contributed by atoms with Crippen LogP contribution in [-0.4, -0.2) is 58.3 Å². The molecule has 2 aliphatic rings. The number of hydrogen-bond donors (Lipinski definition) is 0. The summed E-state index contributed by atoms with van der Waals surface area (Å²) in [5.74, 6) is -11.0. The first-order valence-corrected chi connectivity index (χ1v) is 13.8. The average Bonchev–Trinajstić information content (AvgIpc) is 3.03. The third-order valence-electron chi connectivity index (χ3n) is 8.04. The van der Waals surface area contributed by atoms with Crippen LogP contribution in [0, 0.1) is 29.6 Å². The van der Waals surface area contributed by atoms with Gasteiger partial charge in [0.2, 0.25) is 0 Å². The van der Waals surface area contributed by atoms with E-state index in [0.717, 1.165) is 25.9 Å². The number of esters is 5. The minimum atomic E-state index is -1.54. The fourth-order valence-electron chi connectivity index (χ4n) is 6.27. The molecule has 10 nitrogen and oxygen atoms in total. The van der Waals surface area contributed by atoms with Crippen LogP contribution in [0.2, 0.25) is 5.02 Å². The molecule has 6 atom stereocenters. The van der Waals surface area contributed by atoms with E-state index in [1.54, 1.807) is 36.4 Å². The Morgan fingerprint density at radius 3 is 1.88 bits per heavy atom. The van der Waals surface area contributed by atoms with E-state index in [0.29, 0.717) is 10.6 Å². The fourth-order valence-corrected chi connectivity index (χ4v) is 6.40. The smallest absolute Gasteiger partial charge is 0.337 e. The number of benzene rings is 2. The lowest BCUT2D eigenvalue weighted by Crippen LogP contribution is -2.56. The van der Waals surface area contributed by atoms with Crippen molar-refractivity contribution in [3.8, 4) is 0 Å². The van der Waals surface area contributed by atoms with Crippen molar-refractivity contribution in [3.63, 3.8) is 0 Å². The first-order valence-electron chi connectivity index (χ1n) is 13.4. The zero-order chi connectivity index (χ0) is 31.3. The Hall–Kier alpha value is -4.44. The van der Waals surface area contributed by atoms with Gasteiger partial charge in [0.15, 0.2) is 0 Å². The summed E-state index contributed by atoms with van der Waals surface area (Å²) in [6, 6.07) is 15.7. The van der Waals surface area contributed by atoms with E-state index in [9.17, 15) is 24.0 Å². The summed E-state index contributed by atoms with van der Waals surface area (Å²) < 4.78 is 26.2. The van der Waals surface area contributed by atoms with Crippen molar-refractivity contribution < 1.29 is 47.7 Å². The van der Waals surface area contributed by atoms with Gasteiger partial charge < -0.3 is 23.7 Å². The maximum atomic E-state index is 13.5. The molecule has 0 spiro atoms. The summed E-state index contributed by atoms with van der Waals surface area (Å²) in [7, 11) is 4.63. The van der Waals surface area contributed by atoms with Crippen molar-refractivity contribution in [2.24, 2.45) is 29.6 Å². The van der Waals surface area contributed by atoms with Gasteiger partial charge >= 0.3 is 29.8 Å². The zero-order valence-electron chi connectivity index (χ0n) is 24.0. The monoisotopic (exact) mass is 610 g/mol. The maximum Gasteiger partial charge on any atom is 0.337 e. The molecule has 11 heteroatoms. The van der Waals surface area contributed by atoms with Crippen LogP contribution in [-0.2, 0) is 47.7 Å². The van der Waals surface area contributed by atoms with Gasteiger partial charge in [0.1, 0.15) is 11.7 Å². The Morgan fingerprint density at radius 2 is 1.33 bits per heavy atom. The van der Waals surface area contributed by atoms with Gasteiger partial charge in [-0.05, 0) is 41.7 Å². The molecule has 1 saturated carbocycles. The molecule has 226 valence electrons. The van der Waals surface area contributed by atoms with Gasteiger partial charge in [-0.1, -0.05) is 54.1 Å². The normalized spacial score (nSPS) is 24.6. The molecule has 0 amide bonds. The lowest BCUT2D eigenvalue weighted by Gasteiger charge is -2.50. The van der Waals surface area contributed by atoms with Crippen molar-refractivity contribution in [1.82, 2.24) is 0 Å². The molecule has 2 unspecified atom stereocenters. The predicted octanol–water partition coefficient (Wildman–Crippen LogP) is 4.12. The highest BCUT2D eigenvalue weighted by molar-refractivity contribution is 6.30. The van der Waals surface area contributed by atoms with Crippen molar-refractivity contribution >= 4 is 47.5 Å². The number of methoxy groups -OCH3 is 4. The molecule has 2 aliphatic carbocycles. The van der Waals surface area contributed by atoms with Gasteiger partial charge in [-0.25, -0.2) is 9.59 Å². The summed E-state index contributed by atoms with van der Waals surface area (Å²) in [6.45, 7) is 0. The van der Waals surface area contributed by atoms with Gasteiger partial charge in [0.05, 0.1) is 45.8 Å². The van der Waals surface area contributed by atoms with E-state index in [4.69, 9.17) is 35.3 Å². The molecule has 2 aromatic rings. The fraction of sp³-hybridized carbons (Fsp3) is 0.344. The molecule has 0 heterocycles. The topological polar surface area (TPSA) is 132 Å². The maximum absolute atomic E-state index is 13.5. The minimum Gasteiger partial charge on any atom is -0.469 e. The molecular weight excluding hydrogens is 580 g/mol. The van der Waals surface area contributed by atoms with E-state index in [1.807, 2.05) is 18.2 Å². The summed E-state index contributed by atoms with van der Waals surface area (Å²) in [6.07, 6.45) is 2.67. The van der Waals surface area contributed by atoms with Crippen LogP contribution in [0.25, 0.3) is 6.08 Å². The lowest BCUT2D eigenvalue weighted by atomic mass is 9.52. The van der Waals surface area contributed by atoms with Crippen LogP contribution in [0.3, 0.4) is 0 Å². The molecule has 0 radical (unpaired) electrons. The van der Waals surface area contributed by atoms with Crippen LogP contribution in [0.1, 0.15) is 23.5 Å². The first-order chi connectivity index (χ1) is 20.7. The number of rotatable bonds is 8. The van der Waals surface area contributed by atoms with Crippen LogP contribution < -0.4 is 0 Å². The van der Waals surface area contributed by atoms with E-state index in [2.05, 4.69) is 0 Å². The Labute approximate surface area is 253 Å². The predicted molar refractivity (Wildman–Crippen MR) is 153 cm³/mol. The molecule has 4 rings (SSSR count). The number of halogens is 1. The number of ether oxygens (including phenoxy) is 5. The van der Waals surface area contributed by atoms with Gasteiger partial charge in [0.25, 0.3) is 0 Å². The largest absolute Gasteiger partial charge is 0.469 e. The highest BCUT2D eigenvalue weighted by atomic mass is 35.5. The third kappa shape index (κ3) is 6.34. The number of carbonyl (C=O) groups excluding carboxylic acids is 5. The minimum absolute atomic E-state index is 0.0834. The van der Waals surface area contributed by atoms with E-state index >= 15 is 0 Å². The number of hydrogen-bond acceptors (Lipinski definition) is 10. The SMILES string of the molecule is COC(=O)C1=C(OC(=O)/C=C/c2ccc(Cl)cc2)[C@H](C(=O)OC)C2[C@@H](C(=O)OC)C1C[C@@H](c1ccccc1)[C@@H]2C(=O)OC. The second-order valence-corrected chi connectivity index (χ2v) is 10.5. The second kappa shape index (κ2) is 13.7. The van der Waals surface area contributed by atoms with Gasteiger partial charge in [-0.2, -0.15) is 0 Å². The highest BCUT2D eigenvalue weighted by Crippen LogP contribution is 2.58. The van der Waals surface area contributed by atoms with Gasteiger partial charge in [-0.15, -0.1) is 0 Å². The van der Waals surface area contributed by atoms with Crippen molar-refractivity contribution in [2.45, 2.75) is 12.3 Å². The van der Waals surface area contributed by atoms with Crippen molar-refractivity contribution in [3.05, 3.63) is 88.2 Å². The summed E-state index contributed by atoms with van der Waals surface area (Å²) in [5, 5.41) is 0.511. The summed E-state index contributed by atoms with van der Waals surface area (Å²) in [5.41, 5.74) is 1.19. The van der Waals surface area contributed by atoms with Crippen molar-refractivity contribution in [1.29, 1.82) is 0 Å². The third-order valence-corrected chi connectivity index (χ3v) is 8.29.